The number of pyridine rings is 1. The van der Waals surface area contributed by atoms with E-state index < -0.39 is 0 Å². The molecule has 7 rings (SSSR count). The van der Waals surface area contributed by atoms with Gasteiger partial charge in [0.1, 0.15) is 5.82 Å². The first-order valence-electron chi connectivity index (χ1n) is 14.5. The summed E-state index contributed by atoms with van der Waals surface area (Å²) in [4.78, 5) is 23.5. The molecule has 8 heteroatoms. The van der Waals surface area contributed by atoms with E-state index in [0.717, 1.165) is 73.4 Å². The molecule has 3 aliphatic rings. The average molecular weight is 538 g/mol. The molecule has 4 aromatic rings. The summed E-state index contributed by atoms with van der Waals surface area (Å²) in [6.07, 6.45) is 9.17. The van der Waals surface area contributed by atoms with Gasteiger partial charge in [0.25, 0.3) is 5.91 Å². The Morgan fingerprint density at radius 2 is 1.82 bits per heavy atom. The summed E-state index contributed by atoms with van der Waals surface area (Å²) in [5.41, 5.74) is 6.56. The Labute approximate surface area is 234 Å². The summed E-state index contributed by atoms with van der Waals surface area (Å²) in [6, 6.07) is 16.4. The minimum atomic E-state index is 0.00416. The van der Waals surface area contributed by atoms with Gasteiger partial charge in [-0.25, -0.2) is 9.67 Å². The predicted octanol–water partition coefficient (Wildman–Crippen LogP) is 4.57. The van der Waals surface area contributed by atoms with Crippen molar-refractivity contribution in [1.29, 1.82) is 0 Å². The minimum Gasteiger partial charge on any atom is -0.378 e. The largest absolute Gasteiger partial charge is 0.378 e. The number of aromatic nitrogens is 3. The molecule has 0 bridgehead atoms. The van der Waals surface area contributed by atoms with Crippen LogP contribution < -0.4 is 4.90 Å². The van der Waals surface area contributed by atoms with Crippen LogP contribution in [0.1, 0.15) is 46.3 Å². The molecule has 0 N–H and O–H groups in total. The molecule has 206 valence electrons. The van der Waals surface area contributed by atoms with E-state index in [0.29, 0.717) is 31.9 Å². The standard InChI is InChI=1S/C32H35N5O3/c38-32(23-7-9-28(10-8-23)37-12-3-11-33-37)36(22-29-6-2-15-40-29)21-27-19-26-18-24-4-1-5-25(24)20-30(26)34-31(27)35-13-16-39-17-14-35/h3,7-12,18-20,29H,1-2,4-6,13-17,21-22H2/t29-/m1/s1. The van der Waals surface area contributed by atoms with E-state index in [9.17, 15) is 4.79 Å². The number of amides is 1. The van der Waals surface area contributed by atoms with Crippen LogP contribution in [0.25, 0.3) is 16.6 Å². The number of aryl methyl sites for hydroxylation is 2. The Morgan fingerprint density at radius 3 is 2.58 bits per heavy atom. The third kappa shape index (κ3) is 5.09. The van der Waals surface area contributed by atoms with Crippen molar-refractivity contribution in [2.45, 2.75) is 44.8 Å². The Kier molecular flexibility index (Phi) is 6.95. The number of carbonyl (C=O) groups excluding carboxylic acids is 1. The third-order valence-electron chi connectivity index (χ3n) is 8.37. The van der Waals surface area contributed by atoms with Gasteiger partial charge in [-0.3, -0.25) is 4.79 Å². The van der Waals surface area contributed by atoms with Crippen LogP contribution in [0, 0.1) is 0 Å². The number of anilines is 1. The lowest BCUT2D eigenvalue weighted by molar-refractivity contribution is 0.0507. The van der Waals surface area contributed by atoms with E-state index in [1.165, 1.54) is 17.5 Å². The van der Waals surface area contributed by atoms with E-state index in [4.69, 9.17) is 14.5 Å². The number of benzene rings is 2. The molecule has 4 heterocycles. The normalized spacial score (nSPS) is 18.8. The van der Waals surface area contributed by atoms with Crippen molar-refractivity contribution >= 4 is 22.6 Å². The van der Waals surface area contributed by atoms with Crippen molar-refractivity contribution in [2.75, 3.05) is 44.4 Å². The fourth-order valence-electron chi connectivity index (χ4n) is 6.27. The van der Waals surface area contributed by atoms with Crippen LogP contribution in [-0.2, 0) is 28.9 Å². The van der Waals surface area contributed by atoms with Crippen LogP contribution in [-0.4, -0.2) is 71.1 Å². The van der Waals surface area contributed by atoms with E-state index in [2.05, 4.69) is 28.2 Å². The quantitative estimate of drug-likeness (QED) is 0.344. The first-order chi connectivity index (χ1) is 19.7. The number of fused-ring (bicyclic) bond motifs is 2. The fraction of sp³-hybridized carbons (Fsp3) is 0.406. The van der Waals surface area contributed by atoms with Gasteiger partial charge in [-0.2, -0.15) is 5.10 Å². The molecule has 0 radical (unpaired) electrons. The summed E-state index contributed by atoms with van der Waals surface area (Å²) in [6.45, 7) is 4.76. The van der Waals surface area contributed by atoms with Crippen molar-refractivity contribution in [1.82, 2.24) is 19.7 Å². The van der Waals surface area contributed by atoms with Gasteiger partial charge in [-0.05, 0) is 91.8 Å². The summed E-state index contributed by atoms with van der Waals surface area (Å²) in [5, 5.41) is 5.46. The summed E-state index contributed by atoms with van der Waals surface area (Å²) < 4.78 is 13.4. The maximum atomic E-state index is 14.0. The van der Waals surface area contributed by atoms with E-state index in [1.807, 2.05) is 41.4 Å². The van der Waals surface area contributed by atoms with Gasteiger partial charge in [-0.15, -0.1) is 0 Å². The second-order valence-electron chi connectivity index (χ2n) is 11.1. The lowest BCUT2D eigenvalue weighted by Gasteiger charge is -2.32. The maximum absolute atomic E-state index is 14.0. The number of hydrogen-bond donors (Lipinski definition) is 0. The molecule has 1 atom stereocenters. The molecule has 2 fully saturated rings. The molecular weight excluding hydrogens is 502 g/mol. The molecule has 0 spiro atoms. The SMILES string of the molecule is O=C(c1ccc(-n2cccn2)cc1)N(Cc1cc2cc3c(cc2nc1N1CCOCC1)CCC3)C[C@H]1CCCO1. The van der Waals surface area contributed by atoms with Crippen LogP contribution in [0.3, 0.4) is 0 Å². The highest BCUT2D eigenvalue weighted by Gasteiger charge is 2.27. The molecular formula is C32H35N5O3. The number of morpholine rings is 1. The predicted molar refractivity (Wildman–Crippen MR) is 154 cm³/mol. The molecule has 0 unspecified atom stereocenters. The van der Waals surface area contributed by atoms with Gasteiger partial charge < -0.3 is 19.3 Å². The fourth-order valence-corrected chi connectivity index (χ4v) is 6.27. The topological polar surface area (TPSA) is 72.7 Å². The maximum Gasteiger partial charge on any atom is 0.254 e. The molecule has 8 nitrogen and oxygen atoms in total. The van der Waals surface area contributed by atoms with Gasteiger partial charge in [-0.1, -0.05) is 0 Å². The minimum absolute atomic E-state index is 0.00416. The Hall–Kier alpha value is -3.75. The number of rotatable bonds is 7. The Bertz CT molecular complexity index is 1490. The number of ether oxygens (including phenoxy) is 2. The van der Waals surface area contributed by atoms with Gasteiger partial charge in [0.15, 0.2) is 0 Å². The van der Waals surface area contributed by atoms with Crippen molar-refractivity contribution in [3.63, 3.8) is 0 Å². The molecule has 0 saturated carbocycles. The van der Waals surface area contributed by atoms with E-state index >= 15 is 0 Å². The second-order valence-corrected chi connectivity index (χ2v) is 11.1. The lowest BCUT2D eigenvalue weighted by Crippen LogP contribution is -2.40. The Balaban J connectivity index is 1.24. The van der Waals surface area contributed by atoms with Gasteiger partial charge in [0.2, 0.25) is 0 Å². The highest BCUT2D eigenvalue weighted by Crippen LogP contribution is 2.31. The number of carbonyl (C=O) groups is 1. The average Bonchev–Trinajstić information content (AvgIpc) is 3.79. The van der Waals surface area contributed by atoms with E-state index in [1.54, 1.807) is 10.9 Å². The number of nitrogens with zero attached hydrogens (tertiary/aromatic N) is 5. The lowest BCUT2D eigenvalue weighted by atomic mass is 10.0. The van der Waals surface area contributed by atoms with Crippen molar-refractivity contribution in [3.05, 3.63) is 83.2 Å². The zero-order valence-electron chi connectivity index (χ0n) is 22.8. The highest BCUT2D eigenvalue weighted by molar-refractivity contribution is 5.94. The summed E-state index contributed by atoms with van der Waals surface area (Å²) >= 11 is 0. The van der Waals surface area contributed by atoms with Crippen LogP contribution >= 0.6 is 0 Å². The zero-order valence-corrected chi connectivity index (χ0v) is 22.8. The summed E-state index contributed by atoms with van der Waals surface area (Å²) in [5.74, 6) is 0.970. The zero-order chi connectivity index (χ0) is 26.9. The van der Waals surface area contributed by atoms with Crippen LogP contribution in [0.5, 0.6) is 0 Å². The van der Waals surface area contributed by atoms with Crippen molar-refractivity contribution < 1.29 is 14.3 Å². The molecule has 2 aromatic heterocycles. The smallest absolute Gasteiger partial charge is 0.254 e. The van der Waals surface area contributed by atoms with Gasteiger partial charge in [0.05, 0.1) is 30.5 Å². The van der Waals surface area contributed by atoms with Crippen LogP contribution in [0.2, 0.25) is 0 Å². The van der Waals surface area contributed by atoms with Gasteiger partial charge >= 0.3 is 0 Å². The molecule has 1 aliphatic carbocycles. The van der Waals surface area contributed by atoms with Crippen molar-refractivity contribution in [3.8, 4) is 5.69 Å². The molecule has 2 aliphatic heterocycles. The summed E-state index contributed by atoms with van der Waals surface area (Å²) in [7, 11) is 0. The number of hydrogen-bond acceptors (Lipinski definition) is 6. The molecule has 1 amide bonds. The Morgan fingerprint density at radius 1 is 1.00 bits per heavy atom. The first-order valence-corrected chi connectivity index (χ1v) is 14.5. The monoisotopic (exact) mass is 537 g/mol. The van der Waals surface area contributed by atoms with Gasteiger partial charge in [0, 0.05) is 61.7 Å². The van der Waals surface area contributed by atoms with E-state index in [-0.39, 0.29) is 12.0 Å². The molecule has 2 aromatic carbocycles. The van der Waals surface area contributed by atoms with Crippen LogP contribution in [0.4, 0.5) is 5.82 Å². The van der Waals surface area contributed by atoms with Crippen LogP contribution in [0.15, 0.2) is 60.9 Å². The molecule has 2 saturated heterocycles. The van der Waals surface area contributed by atoms with Crippen molar-refractivity contribution in [2.24, 2.45) is 0 Å². The first kappa shape index (κ1) is 25.2. The third-order valence-corrected chi connectivity index (χ3v) is 8.37. The molecule has 40 heavy (non-hydrogen) atoms. The second kappa shape index (κ2) is 11.0. The highest BCUT2D eigenvalue weighted by atomic mass is 16.5.